The highest BCUT2D eigenvalue weighted by atomic mass is 16.5. The van der Waals surface area contributed by atoms with Crippen molar-refractivity contribution >= 4 is 5.97 Å². The van der Waals surface area contributed by atoms with Crippen LogP contribution in [0.3, 0.4) is 0 Å². The van der Waals surface area contributed by atoms with Gasteiger partial charge in [-0.05, 0) is 19.8 Å². The number of rotatable bonds is 2. The molecule has 0 bridgehead atoms. The summed E-state index contributed by atoms with van der Waals surface area (Å²) in [5.74, 6) is -0.235. The van der Waals surface area contributed by atoms with Crippen molar-refractivity contribution < 1.29 is 14.6 Å². The Kier molecular flexibility index (Phi) is 3.69. The lowest BCUT2D eigenvalue weighted by molar-refractivity contribution is -0.143. The van der Waals surface area contributed by atoms with Crippen molar-refractivity contribution in [2.24, 2.45) is 0 Å². The number of esters is 1. The number of hydrogen-bond donors (Lipinski definition) is 1. The average molecular weight is 187 g/mol. The van der Waals surface area contributed by atoms with E-state index in [2.05, 4.69) is 11.7 Å². The first-order chi connectivity index (χ1) is 6.13. The Morgan fingerprint density at radius 1 is 1.62 bits per heavy atom. The standard InChI is InChI=1S/C9H17NO3/c1-7-3-4-8(11)5-10(7)6-9(12)13-2/h7-8,11H,3-6H2,1-2H3/t7-,8-/m0/s1. The molecular weight excluding hydrogens is 170 g/mol. The average Bonchev–Trinajstić information content (AvgIpc) is 2.11. The molecule has 0 unspecified atom stereocenters. The van der Waals surface area contributed by atoms with Gasteiger partial charge in [0, 0.05) is 12.6 Å². The van der Waals surface area contributed by atoms with Crippen LogP contribution in [0.15, 0.2) is 0 Å². The minimum absolute atomic E-state index is 0.235. The first kappa shape index (κ1) is 10.5. The Balaban J connectivity index is 2.41. The second kappa shape index (κ2) is 4.58. The van der Waals surface area contributed by atoms with Gasteiger partial charge < -0.3 is 9.84 Å². The van der Waals surface area contributed by atoms with Gasteiger partial charge in [0.2, 0.25) is 0 Å². The Morgan fingerprint density at radius 3 is 2.92 bits per heavy atom. The second-order valence-corrected chi connectivity index (χ2v) is 3.59. The predicted octanol–water partition coefficient (Wildman–Crippen LogP) is 0.00460. The summed E-state index contributed by atoms with van der Waals surface area (Å²) in [5, 5.41) is 9.39. The van der Waals surface area contributed by atoms with Crippen LogP contribution in [0.25, 0.3) is 0 Å². The quantitative estimate of drug-likeness (QED) is 0.618. The van der Waals surface area contributed by atoms with Crippen molar-refractivity contribution in [3.8, 4) is 0 Å². The van der Waals surface area contributed by atoms with Gasteiger partial charge in [-0.15, -0.1) is 0 Å². The van der Waals surface area contributed by atoms with Crippen LogP contribution in [-0.2, 0) is 9.53 Å². The van der Waals surface area contributed by atoms with Crippen LogP contribution in [0.1, 0.15) is 19.8 Å². The Hall–Kier alpha value is -0.610. The van der Waals surface area contributed by atoms with Gasteiger partial charge in [-0.2, -0.15) is 0 Å². The van der Waals surface area contributed by atoms with Crippen molar-refractivity contribution in [2.45, 2.75) is 31.9 Å². The van der Waals surface area contributed by atoms with Crippen molar-refractivity contribution in [1.29, 1.82) is 0 Å². The van der Waals surface area contributed by atoms with E-state index < -0.39 is 0 Å². The van der Waals surface area contributed by atoms with Gasteiger partial charge >= 0.3 is 5.97 Å². The van der Waals surface area contributed by atoms with Crippen LogP contribution >= 0.6 is 0 Å². The molecule has 1 heterocycles. The smallest absolute Gasteiger partial charge is 0.319 e. The molecule has 0 saturated carbocycles. The highest BCUT2D eigenvalue weighted by molar-refractivity contribution is 5.71. The first-order valence-corrected chi connectivity index (χ1v) is 4.62. The lowest BCUT2D eigenvalue weighted by Crippen LogP contribution is -2.46. The zero-order chi connectivity index (χ0) is 9.84. The summed E-state index contributed by atoms with van der Waals surface area (Å²) in [4.78, 5) is 12.9. The number of β-amino-alcohol motifs (C(OH)–C–C–N with tert-alkyl or cyclic N) is 1. The van der Waals surface area contributed by atoms with Crippen LogP contribution in [0.2, 0.25) is 0 Å². The van der Waals surface area contributed by atoms with Gasteiger partial charge in [-0.25, -0.2) is 0 Å². The van der Waals surface area contributed by atoms with Crippen LogP contribution in [0, 0.1) is 0 Å². The second-order valence-electron chi connectivity index (χ2n) is 3.59. The maximum Gasteiger partial charge on any atom is 0.319 e. The first-order valence-electron chi connectivity index (χ1n) is 4.62. The number of nitrogens with zero attached hydrogens (tertiary/aromatic N) is 1. The van der Waals surface area contributed by atoms with Crippen molar-refractivity contribution in [2.75, 3.05) is 20.2 Å². The van der Waals surface area contributed by atoms with E-state index >= 15 is 0 Å². The third kappa shape index (κ3) is 2.97. The Labute approximate surface area is 78.5 Å². The summed E-state index contributed by atoms with van der Waals surface area (Å²) < 4.78 is 4.57. The zero-order valence-corrected chi connectivity index (χ0v) is 8.19. The summed E-state index contributed by atoms with van der Waals surface area (Å²) in [6.45, 7) is 2.93. The maximum absolute atomic E-state index is 11.0. The van der Waals surface area contributed by atoms with Crippen LogP contribution in [0.5, 0.6) is 0 Å². The normalized spacial score (nSPS) is 30.1. The molecule has 1 N–H and O–H groups in total. The van der Waals surface area contributed by atoms with E-state index in [0.717, 1.165) is 12.8 Å². The number of methoxy groups -OCH3 is 1. The van der Waals surface area contributed by atoms with Gasteiger partial charge in [-0.3, -0.25) is 9.69 Å². The Morgan fingerprint density at radius 2 is 2.31 bits per heavy atom. The van der Waals surface area contributed by atoms with Gasteiger partial charge in [0.15, 0.2) is 0 Å². The number of hydrogen-bond acceptors (Lipinski definition) is 4. The zero-order valence-electron chi connectivity index (χ0n) is 8.19. The summed E-state index contributed by atoms with van der Waals surface area (Å²) in [6.07, 6.45) is 1.48. The molecule has 2 atom stereocenters. The van der Waals surface area contributed by atoms with Crippen LogP contribution in [0.4, 0.5) is 0 Å². The SMILES string of the molecule is COC(=O)CN1C[C@@H](O)CC[C@@H]1C. The molecule has 13 heavy (non-hydrogen) atoms. The molecule has 0 aromatic rings. The molecule has 1 aliphatic heterocycles. The molecule has 1 saturated heterocycles. The molecule has 0 radical (unpaired) electrons. The fourth-order valence-electron chi connectivity index (χ4n) is 1.61. The van der Waals surface area contributed by atoms with E-state index in [9.17, 15) is 9.90 Å². The van der Waals surface area contributed by atoms with E-state index in [4.69, 9.17) is 0 Å². The third-order valence-corrected chi connectivity index (χ3v) is 2.55. The summed E-state index contributed by atoms with van der Waals surface area (Å²) >= 11 is 0. The van der Waals surface area contributed by atoms with Gasteiger partial charge in [0.1, 0.15) is 0 Å². The number of aliphatic hydroxyl groups is 1. The van der Waals surface area contributed by atoms with Crippen molar-refractivity contribution in [3.63, 3.8) is 0 Å². The fraction of sp³-hybridized carbons (Fsp3) is 0.889. The molecule has 0 amide bonds. The van der Waals surface area contributed by atoms with Crippen molar-refractivity contribution in [1.82, 2.24) is 4.90 Å². The van der Waals surface area contributed by atoms with Gasteiger partial charge in [-0.1, -0.05) is 0 Å². The predicted molar refractivity (Wildman–Crippen MR) is 48.3 cm³/mol. The molecule has 0 aromatic heterocycles. The lowest BCUT2D eigenvalue weighted by atomic mass is 10.0. The van der Waals surface area contributed by atoms with E-state index in [-0.39, 0.29) is 18.6 Å². The Bertz CT molecular complexity index is 184. The van der Waals surface area contributed by atoms with Crippen LogP contribution < -0.4 is 0 Å². The van der Waals surface area contributed by atoms with Crippen LogP contribution in [-0.4, -0.2) is 48.3 Å². The number of carbonyl (C=O) groups excluding carboxylic acids is 1. The molecule has 0 aliphatic carbocycles. The maximum atomic E-state index is 11.0. The van der Waals surface area contributed by atoms with E-state index in [0.29, 0.717) is 12.6 Å². The minimum atomic E-state index is -0.291. The van der Waals surface area contributed by atoms with Gasteiger partial charge in [0.05, 0.1) is 19.8 Å². The molecule has 4 nitrogen and oxygen atoms in total. The van der Waals surface area contributed by atoms with Gasteiger partial charge in [0.25, 0.3) is 0 Å². The monoisotopic (exact) mass is 187 g/mol. The number of aliphatic hydroxyl groups excluding tert-OH is 1. The highest BCUT2D eigenvalue weighted by Crippen LogP contribution is 2.16. The largest absolute Gasteiger partial charge is 0.468 e. The lowest BCUT2D eigenvalue weighted by Gasteiger charge is -2.34. The number of carbonyl (C=O) groups is 1. The molecule has 0 spiro atoms. The van der Waals surface area contributed by atoms with E-state index in [1.54, 1.807) is 0 Å². The minimum Gasteiger partial charge on any atom is -0.468 e. The molecule has 0 aromatic carbocycles. The number of piperidine rings is 1. The number of likely N-dealkylation sites (tertiary alicyclic amines) is 1. The van der Waals surface area contributed by atoms with Crippen molar-refractivity contribution in [3.05, 3.63) is 0 Å². The highest BCUT2D eigenvalue weighted by Gasteiger charge is 2.25. The molecule has 76 valence electrons. The third-order valence-electron chi connectivity index (χ3n) is 2.55. The van der Waals surface area contributed by atoms with E-state index in [1.165, 1.54) is 7.11 Å². The topological polar surface area (TPSA) is 49.8 Å². The summed E-state index contributed by atoms with van der Waals surface area (Å²) in [5.41, 5.74) is 0. The molecule has 4 heteroatoms. The molecule has 1 rings (SSSR count). The van der Waals surface area contributed by atoms with E-state index in [1.807, 2.05) is 4.90 Å². The summed E-state index contributed by atoms with van der Waals surface area (Å²) in [7, 11) is 1.38. The molecular formula is C9H17NO3. The fourth-order valence-corrected chi connectivity index (χ4v) is 1.61. The molecule has 1 aliphatic rings. The summed E-state index contributed by atoms with van der Waals surface area (Å²) in [6, 6.07) is 0.363. The molecule has 1 fully saturated rings. The number of ether oxygens (including phenoxy) is 1.